The Morgan fingerprint density at radius 2 is 2.04 bits per heavy atom. The molecule has 0 aliphatic heterocycles. The van der Waals surface area contributed by atoms with E-state index in [2.05, 4.69) is 21.7 Å². The van der Waals surface area contributed by atoms with Crippen molar-refractivity contribution in [1.82, 2.24) is 29.0 Å². The molecule has 0 radical (unpaired) electrons. The zero-order valence-corrected chi connectivity index (χ0v) is 15.4. The van der Waals surface area contributed by atoms with Crippen molar-refractivity contribution in [2.75, 3.05) is 7.05 Å². The van der Waals surface area contributed by atoms with E-state index in [1.807, 2.05) is 76.7 Å². The van der Waals surface area contributed by atoms with Gasteiger partial charge >= 0.3 is 0 Å². The molecule has 6 nitrogen and oxygen atoms in total. The van der Waals surface area contributed by atoms with Crippen LogP contribution in [-0.4, -0.2) is 36.1 Å². The fourth-order valence-electron chi connectivity index (χ4n) is 2.73. The lowest BCUT2D eigenvalue weighted by Gasteiger charge is -2.15. The molecule has 0 aliphatic rings. The van der Waals surface area contributed by atoms with Crippen molar-refractivity contribution in [3.05, 3.63) is 71.5 Å². The normalized spacial score (nSPS) is 11.2. The van der Waals surface area contributed by atoms with Gasteiger partial charge in [-0.15, -0.1) is 6.58 Å². The molecule has 0 saturated carbocycles. The van der Waals surface area contributed by atoms with Crippen LogP contribution in [0.5, 0.6) is 0 Å². The molecule has 3 aromatic rings. The predicted octanol–water partition coefficient (Wildman–Crippen LogP) is 3.18. The Morgan fingerprint density at radius 1 is 1.28 bits per heavy atom. The second kappa shape index (κ2) is 7.58. The zero-order valence-electron chi connectivity index (χ0n) is 14.5. The highest BCUT2D eigenvalue weighted by molar-refractivity contribution is 7.71. The van der Waals surface area contributed by atoms with Gasteiger partial charge in [0, 0.05) is 24.8 Å². The van der Waals surface area contributed by atoms with Gasteiger partial charge in [0.25, 0.3) is 0 Å². The lowest BCUT2D eigenvalue weighted by atomic mass is 10.3. The maximum Gasteiger partial charge on any atom is 0.199 e. The highest BCUT2D eigenvalue weighted by Crippen LogP contribution is 2.10. The molecule has 25 heavy (non-hydrogen) atoms. The van der Waals surface area contributed by atoms with Crippen molar-refractivity contribution in [2.45, 2.75) is 26.7 Å². The first-order valence-electron chi connectivity index (χ1n) is 8.11. The van der Waals surface area contributed by atoms with E-state index < -0.39 is 0 Å². The third-order valence-corrected chi connectivity index (χ3v) is 4.34. The van der Waals surface area contributed by atoms with Crippen LogP contribution in [0.4, 0.5) is 0 Å². The molecular formula is C18H22N6S. The van der Waals surface area contributed by atoms with Crippen molar-refractivity contribution in [3.8, 4) is 5.69 Å². The monoisotopic (exact) mass is 354 g/mol. The fourth-order valence-corrected chi connectivity index (χ4v) is 3.04. The first-order valence-corrected chi connectivity index (χ1v) is 8.52. The summed E-state index contributed by atoms with van der Waals surface area (Å²) in [5.74, 6) is 0.898. The average molecular weight is 354 g/mol. The number of hydrogen-bond donors (Lipinski definition) is 0. The van der Waals surface area contributed by atoms with E-state index in [1.165, 1.54) is 0 Å². The molecule has 0 saturated heterocycles. The van der Waals surface area contributed by atoms with E-state index in [1.54, 1.807) is 0 Å². The van der Waals surface area contributed by atoms with E-state index >= 15 is 0 Å². The number of para-hydroxylation sites is 1. The molecule has 0 unspecified atom stereocenters. The summed E-state index contributed by atoms with van der Waals surface area (Å²) in [6, 6.07) is 10.1. The molecule has 0 aliphatic carbocycles. The Hall–Kier alpha value is -2.51. The Bertz CT molecular complexity index is 905. The summed E-state index contributed by atoms with van der Waals surface area (Å²) in [7, 11) is 2.05. The highest BCUT2D eigenvalue weighted by Gasteiger charge is 2.09. The molecule has 130 valence electrons. The molecule has 2 aromatic heterocycles. The lowest BCUT2D eigenvalue weighted by molar-refractivity contribution is 0.243. The number of hydrogen-bond acceptors (Lipinski definition) is 4. The number of nitrogens with zero attached hydrogens (tertiary/aromatic N) is 6. The summed E-state index contributed by atoms with van der Waals surface area (Å²) < 4.78 is 6.42. The molecule has 1 aromatic carbocycles. The minimum Gasteiger partial charge on any atom is -0.300 e. The van der Waals surface area contributed by atoms with Crippen molar-refractivity contribution < 1.29 is 0 Å². The Kier molecular flexibility index (Phi) is 5.25. The second-order valence-electron chi connectivity index (χ2n) is 6.01. The molecule has 0 bridgehead atoms. The minimum atomic E-state index is 0.625. The van der Waals surface area contributed by atoms with Gasteiger partial charge in [-0.05, 0) is 38.3 Å². The molecule has 7 heteroatoms. The van der Waals surface area contributed by atoms with Crippen LogP contribution >= 0.6 is 12.2 Å². The first-order chi connectivity index (χ1) is 12.1. The molecule has 0 N–H and O–H groups in total. The van der Waals surface area contributed by atoms with Crippen molar-refractivity contribution in [3.63, 3.8) is 0 Å². The van der Waals surface area contributed by atoms with Crippen LogP contribution in [0, 0.1) is 11.7 Å². The minimum absolute atomic E-state index is 0.625. The smallest absolute Gasteiger partial charge is 0.199 e. The third kappa shape index (κ3) is 3.94. The van der Waals surface area contributed by atoms with E-state index in [0.717, 1.165) is 23.6 Å². The number of aryl methyl sites for hydroxylation is 1. The van der Waals surface area contributed by atoms with Gasteiger partial charge in [-0.2, -0.15) is 10.2 Å². The largest absolute Gasteiger partial charge is 0.300 e. The van der Waals surface area contributed by atoms with Crippen LogP contribution in [0.25, 0.3) is 5.69 Å². The van der Waals surface area contributed by atoms with Crippen LogP contribution in [0.1, 0.15) is 11.4 Å². The summed E-state index contributed by atoms with van der Waals surface area (Å²) in [6.45, 7) is 7.80. The second-order valence-corrected chi connectivity index (χ2v) is 6.38. The van der Waals surface area contributed by atoms with Gasteiger partial charge in [-0.1, -0.05) is 24.3 Å². The maximum absolute atomic E-state index is 5.50. The Morgan fingerprint density at radius 3 is 2.76 bits per heavy atom. The molecule has 0 amide bonds. The zero-order chi connectivity index (χ0) is 17.8. The van der Waals surface area contributed by atoms with Crippen LogP contribution in [0.15, 0.2) is 55.4 Å². The SMILES string of the molecule is C=CCn1c(C)nn(CN(C)Cc2cnn(-c3ccccc3)c2)c1=S. The Labute approximate surface area is 152 Å². The molecule has 3 rings (SSSR count). The van der Waals surface area contributed by atoms with E-state index in [-0.39, 0.29) is 0 Å². The quantitative estimate of drug-likeness (QED) is 0.483. The molecule has 0 spiro atoms. The number of aromatic nitrogens is 5. The summed E-state index contributed by atoms with van der Waals surface area (Å²) in [5.41, 5.74) is 2.19. The van der Waals surface area contributed by atoms with Gasteiger partial charge in [0.2, 0.25) is 0 Å². The van der Waals surface area contributed by atoms with E-state index in [0.29, 0.717) is 18.0 Å². The van der Waals surface area contributed by atoms with Gasteiger partial charge in [0.05, 0.1) is 18.6 Å². The van der Waals surface area contributed by atoms with Gasteiger partial charge in [-0.25, -0.2) is 9.36 Å². The third-order valence-electron chi connectivity index (χ3n) is 3.90. The summed E-state index contributed by atoms with van der Waals surface area (Å²) in [6.07, 6.45) is 5.77. The van der Waals surface area contributed by atoms with E-state index in [4.69, 9.17) is 12.2 Å². The van der Waals surface area contributed by atoms with Gasteiger partial charge in [0.1, 0.15) is 5.82 Å². The molecule has 0 atom stereocenters. The summed E-state index contributed by atoms with van der Waals surface area (Å²) in [5, 5.41) is 8.97. The number of allylic oxidation sites excluding steroid dienone is 1. The highest BCUT2D eigenvalue weighted by atomic mass is 32.1. The predicted molar refractivity (Wildman–Crippen MR) is 101 cm³/mol. The standard InChI is InChI=1S/C18H22N6S/c1-4-10-22-15(2)20-24(18(22)25)14-21(3)12-16-11-19-23(13-16)17-8-6-5-7-9-17/h4-9,11,13H,1,10,12,14H2,2-3H3. The van der Waals surface area contributed by atoms with Crippen molar-refractivity contribution in [1.29, 1.82) is 0 Å². The average Bonchev–Trinajstić information content (AvgIpc) is 3.16. The van der Waals surface area contributed by atoms with Crippen molar-refractivity contribution in [2.24, 2.45) is 0 Å². The van der Waals surface area contributed by atoms with E-state index in [9.17, 15) is 0 Å². The fraction of sp³-hybridized carbons (Fsp3) is 0.278. The molecular weight excluding hydrogens is 332 g/mol. The van der Waals surface area contributed by atoms with Crippen LogP contribution < -0.4 is 0 Å². The van der Waals surface area contributed by atoms with Crippen molar-refractivity contribution >= 4 is 12.2 Å². The Balaban J connectivity index is 1.68. The molecule has 0 fully saturated rings. The van der Waals surface area contributed by atoms with Crippen LogP contribution in [-0.2, 0) is 19.8 Å². The summed E-state index contributed by atoms with van der Waals surface area (Å²) >= 11 is 5.50. The summed E-state index contributed by atoms with van der Waals surface area (Å²) in [4.78, 5) is 2.16. The van der Waals surface area contributed by atoms with Gasteiger partial charge in [-0.3, -0.25) is 4.90 Å². The van der Waals surface area contributed by atoms with Crippen LogP contribution in [0.3, 0.4) is 0 Å². The number of benzene rings is 1. The number of rotatable bonds is 7. The van der Waals surface area contributed by atoms with Crippen LogP contribution in [0.2, 0.25) is 0 Å². The van der Waals surface area contributed by atoms with Gasteiger partial charge < -0.3 is 4.57 Å². The molecule has 2 heterocycles. The van der Waals surface area contributed by atoms with Gasteiger partial charge in [0.15, 0.2) is 4.77 Å². The maximum atomic E-state index is 5.50. The first kappa shape index (κ1) is 17.3. The lowest BCUT2D eigenvalue weighted by Crippen LogP contribution is -2.22. The topological polar surface area (TPSA) is 43.8 Å².